The summed E-state index contributed by atoms with van der Waals surface area (Å²) in [6.07, 6.45) is 21.8. The molecule has 2 nitrogen and oxygen atoms in total. The van der Waals surface area contributed by atoms with Gasteiger partial charge in [0.15, 0.2) is 0 Å². The van der Waals surface area contributed by atoms with Crippen molar-refractivity contribution in [3.05, 3.63) is 128 Å². The number of hydrogen-bond acceptors (Lipinski definition) is 4. The zero-order valence-corrected chi connectivity index (χ0v) is 54.0. The van der Waals surface area contributed by atoms with Crippen LogP contribution in [-0.4, -0.2) is 13.2 Å². The fraction of sp³-hybridized carbons (Fsp3) is 0.432. The van der Waals surface area contributed by atoms with Crippen LogP contribution in [0, 0.1) is 23.7 Å². The van der Waals surface area contributed by atoms with Crippen LogP contribution in [0.25, 0.3) is 97.0 Å². The minimum atomic E-state index is 0.575. The van der Waals surface area contributed by atoms with E-state index in [-0.39, 0.29) is 0 Å². The predicted molar refractivity (Wildman–Crippen MR) is 361 cm³/mol. The molecule has 4 unspecified atom stereocenters. The van der Waals surface area contributed by atoms with E-state index in [2.05, 4.69) is 196 Å². The molecular formula is C74H86Br2O2S2. The summed E-state index contributed by atoms with van der Waals surface area (Å²) < 4.78 is 15.6. The lowest BCUT2D eigenvalue weighted by atomic mass is 9.78. The molecule has 0 saturated heterocycles. The van der Waals surface area contributed by atoms with Crippen molar-refractivity contribution in [2.75, 3.05) is 13.2 Å². The van der Waals surface area contributed by atoms with Gasteiger partial charge in [-0.25, -0.2) is 0 Å². The highest BCUT2D eigenvalue weighted by Gasteiger charge is 2.29. The maximum atomic E-state index is 6.56. The second-order valence-corrected chi connectivity index (χ2v) is 28.2. The van der Waals surface area contributed by atoms with E-state index in [1.54, 1.807) is 0 Å². The van der Waals surface area contributed by atoms with E-state index in [4.69, 9.17) is 9.47 Å². The fourth-order valence-electron chi connectivity index (χ4n) is 13.1. The summed E-state index contributed by atoms with van der Waals surface area (Å²) >= 11 is 12.3. The smallest absolute Gasteiger partial charge is 0.119 e. The number of hydrogen-bond donors (Lipinski definition) is 0. The van der Waals surface area contributed by atoms with E-state index in [9.17, 15) is 0 Å². The van der Waals surface area contributed by atoms with Gasteiger partial charge in [0.05, 0.1) is 20.8 Å². The van der Waals surface area contributed by atoms with Crippen molar-refractivity contribution in [1.82, 2.24) is 0 Å². The van der Waals surface area contributed by atoms with Crippen LogP contribution in [0.5, 0.6) is 11.5 Å². The van der Waals surface area contributed by atoms with Crippen LogP contribution in [0.1, 0.15) is 169 Å². The van der Waals surface area contributed by atoms with Crippen LogP contribution in [0.2, 0.25) is 0 Å². The van der Waals surface area contributed by atoms with Crippen molar-refractivity contribution in [3.8, 4) is 54.6 Å². The Morgan fingerprint density at radius 3 is 1.09 bits per heavy atom. The van der Waals surface area contributed by atoms with Gasteiger partial charge in [0.25, 0.3) is 0 Å². The van der Waals surface area contributed by atoms with Gasteiger partial charge in [-0.3, -0.25) is 0 Å². The topological polar surface area (TPSA) is 18.5 Å². The molecule has 10 aromatic rings. The molecule has 0 aliphatic carbocycles. The highest BCUT2D eigenvalue weighted by atomic mass is 79.9. The van der Waals surface area contributed by atoms with Gasteiger partial charge in [-0.05, 0) is 217 Å². The predicted octanol–water partition coefficient (Wildman–Crippen LogP) is 25.4. The molecule has 0 fully saturated rings. The highest BCUT2D eigenvalue weighted by Crippen LogP contribution is 2.57. The summed E-state index contributed by atoms with van der Waals surface area (Å²) in [6.45, 7) is 20.1. The average Bonchev–Trinajstić information content (AvgIpc) is 3.71. The van der Waals surface area contributed by atoms with Crippen LogP contribution in [0.15, 0.2) is 117 Å². The van der Waals surface area contributed by atoms with Crippen LogP contribution in [0.4, 0.5) is 0 Å². The Morgan fingerprint density at radius 2 is 0.738 bits per heavy atom. The van der Waals surface area contributed by atoms with Crippen molar-refractivity contribution in [2.45, 2.75) is 171 Å². The molecule has 0 amide bonds. The van der Waals surface area contributed by atoms with Gasteiger partial charge in [0, 0.05) is 20.9 Å². The second kappa shape index (κ2) is 27.3. The van der Waals surface area contributed by atoms with Crippen molar-refractivity contribution in [2.24, 2.45) is 23.7 Å². The zero-order valence-electron chi connectivity index (χ0n) is 49.2. The Balaban J connectivity index is 1.25. The molecule has 420 valence electrons. The molecule has 0 N–H and O–H groups in total. The first-order valence-corrected chi connectivity index (χ1v) is 34.4. The molecule has 80 heavy (non-hydrogen) atoms. The molecular weight excluding hydrogens is 1140 g/mol. The van der Waals surface area contributed by atoms with Crippen LogP contribution in [0.3, 0.4) is 0 Å². The normalized spacial score (nSPS) is 13.7. The maximum absolute atomic E-state index is 6.56. The molecule has 4 atom stereocenters. The van der Waals surface area contributed by atoms with Crippen LogP contribution >= 0.6 is 54.5 Å². The summed E-state index contributed by atoms with van der Waals surface area (Å²) in [5, 5.41) is 13.4. The van der Waals surface area contributed by atoms with Gasteiger partial charge in [0.1, 0.15) is 11.5 Å². The van der Waals surface area contributed by atoms with E-state index in [1.165, 1.54) is 206 Å². The molecule has 0 bridgehead atoms. The standard InChI is InChI=1S/C74H86Br2O2S2/c1-9-17-23-47(13-5)39-53-41-65(79-73(53)75)67-59-29-21-27-57-62(52-33-37-56(38-34-52)78-46-50(16-8)26-20-12-4)44-64-68(66-42-54(74(76)80-66)40-48(14-6)24-18-10-2)60-30-22-28-58-61(43-63(67)71(70(58)60)72(64)69(57)59)51-31-35-55(36-32-51)77-45-49(15-7)25-19-11-3/h21-22,27-38,41-44,47-50H,9-20,23-26,39-40,45-46H2,1-8H3. The summed E-state index contributed by atoms with van der Waals surface area (Å²) in [7, 11) is 0. The highest BCUT2D eigenvalue weighted by molar-refractivity contribution is 9.11. The SMILES string of the molecule is CCCCC(CC)COc1ccc(-c2cc3c(-c4cc(CC(CC)CCCC)c(Br)s4)c4cccc5c(-c6ccc(OCC(CC)CCCC)cc6)cc6c(-c7cc(CC(CC)CCCC)c(Br)s7)c7cccc2c7c3c6c54)cc1. The monoisotopic (exact) mass is 1230 g/mol. The number of ether oxygens (including phenoxy) is 2. The molecule has 0 radical (unpaired) electrons. The number of unbranched alkanes of at least 4 members (excludes halogenated alkanes) is 4. The zero-order chi connectivity index (χ0) is 55.9. The van der Waals surface area contributed by atoms with Gasteiger partial charge in [-0.15, -0.1) is 22.7 Å². The lowest BCUT2D eigenvalue weighted by molar-refractivity contribution is 0.233. The van der Waals surface area contributed by atoms with Gasteiger partial charge < -0.3 is 9.47 Å². The first kappa shape index (κ1) is 58.7. The van der Waals surface area contributed by atoms with E-state index in [1.807, 2.05) is 22.7 Å². The van der Waals surface area contributed by atoms with Crippen LogP contribution in [-0.2, 0) is 12.8 Å². The molecule has 0 spiro atoms. The minimum absolute atomic E-state index is 0.575. The summed E-state index contributed by atoms with van der Waals surface area (Å²) in [5.41, 5.74) is 10.5. The molecule has 6 heteroatoms. The number of rotatable bonds is 30. The van der Waals surface area contributed by atoms with Gasteiger partial charge in [0.2, 0.25) is 0 Å². The Morgan fingerprint density at radius 1 is 0.388 bits per heavy atom. The lowest BCUT2D eigenvalue weighted by Gasteiger charge is -2.25. The summed E-state index contributed by atoms with van der Waals surface area (Å²) in [6, 6.07) is 42.7. The maximum Gasteiger partial charge on any atom is 0.119 e. The average molecular weight is 1230 g/mol. The Hall–Kier alpha value is -4.46. The van der Waals surface area contributed by atoms with Crippen molar-refractivity contribution in [1.29, 1.82) is 0 Å². The number of halogens is 2. The van der Waals surface area contributed by atoms with Gasteiger partial charge in [-0.2, -0.15) is 0 Å². The lowest BCUT2D eigenvalue weighted by Crippen LogP contribution is -2.11. The third kappa shape index (κ3) is 12.3. The molecule has 10 rings (SSSR count). The first-order chi connectivity index (χ1) is 39.1. The largest absolute Gasteiger partial charge is 0.493 e. The molecule has 8 aromatic carbocycles. The molecule has 2 aromatic heterocycles. The van der Waals surface area contributed by atoms with Gasteiger partial charge in [-0.1, -0.05) is 206 Å². The van der Waals surface area contributed by atoms with E-state index in [0.29, 0.717) is 23.7 Å². The molecule has 0 aliphatic heterocycles. The summed E-state index contributed by atoms with van der Waals surface area (Å²) in [4.78, 5) is 2.67. The Labute approximate surface area is 504 Å². The van der Waals surface area contributed by atoms with E-state index in [0.717, 1.165) is 50.4 Å². The second-order valence-electron chi connectivity index (χ2n) is 23.5. The molecule has 0 saturated carbocycles. The number of benzene rings is 8. The van der Waals surface area contributed by atoms with Crippen molar-refractivity contribution in [3.63, 3.8) is 0 Å². The Kier molecular flexibility index (Phi) is 20.0. The fourth-order valence-corrected chi connectivity index (χ4v) is 16.7. The van der Waals surface area contributed by atoms with Gasteiger partial charge >= 0.3 is 0 Å². The van der Waals surface area contributed by atoms with E-state index >= 15 is 0 Å². The summed E-state index contributed by atoms with van der Waals surface area (Å²) in [5.74, 6) is 4.37. The molecule has 0 aliphatic rings. The quantitative estimate of drug-likeness (QED) is 0.0330. The van der Waals surface area contributed by atoms with Crippen molar-refractivity contribution >= 4 is 108 Å². The minimum Gasteiger partial charge on any atom is -0.493 e. The Bertz CT molecular complexity index is 3370. The molecule has 2 heterocycles. The number of thiophene rings is 2. The third-order valence-corrected chi connectivity index (χ3v) is 22.1. The van der Waals surface area contributed by atoms with Crippen LogP contribution < -0.4 is 9.47 Å². The van der Waals surface area contributed by atoms with E-state index < -0.39 is 0 Å². The first-order valence-electron chi connectivity index (χ1n) is 31.1. The third-order valence-electron chi connectivity index (χ3n) is 18.2. The van der Waals surface area contributed by atoms with Crippen molar-refractivity contribution < 1.29 is 9.47 Å².